The molecule has 0 bridgehead atoms. The van der Waals surface area contributed by atoms with E-state index in [0.717, 1.165) is 22.2 Å². The van der Waals surface area contributed by atoms with E-state index >= 15 is 0 Å². The summed E-state index contributed by atoms with van der Waals surface area (Å²) in [6.45, 7) is 3.29. The molecule has 2 aliphatic rings. The third kappa shape index (κ3) is 3.26. The Kier molecular flexibility index (Phi) is 4.91. The fraction of sp³-hybridized carbons (Fsp3) is 0.250. The van der Waals surface area contributed by atoms with E-state index in [1.54, 1.807) is 24.4 Å². The molecule has 1 saturated heterocycles. The first-order valence-corrected chi connectivity index (χ1v) is 7.92. The lowest BCUT2D eigenvalue weighted by Gasteiger charge is -2.34. The average Bonchev–Trinajstić information content (AvgIpc) is 2.78. The number of carbonyl (C=O) groups excluding carboxylic acids is 3. The minimum absolute atomic E-state index is 0.225. The lowest BCUT2D eigenvalue weighted by Crippen LogP contribution is -2.47. The molecule has 2 amide bonds. The third-order valence-corrected chi connectivity index (χ3v) is 4.48. The Morgan fingerprint density at radius 1 is 1.35 bits per heavy atom. The molecule has 0 aromatic rings. The maximum atomic E-state index is 11.7. The monoisotopic (exact) mass is 312 g/mol. The number of nitrogens with zero attached hydrogens (tertiary/aromatic N) is 2. The van der Waals surface area contributed by atoms with Crippen molar-refractivity contribution in [2.75, 3.05) is 0 Å². The Morgan fingerprint density at radius 3 is 2.70 bits per heavy atom. The summed E-state index contributed by atoms with van der Waals surface area (Å²) in [5.41, 5.74) is 0. The number of imide groups is 1. The van der Waals surface area contributed by atoms with Crippen LogP contribution in [-0.2, 0) is 18.6 Å². The molecule has 2 rings (SSSR count). The van der Waals surface area contributed by atoms with Crippen molar-refractivity contribution in [2.24, 2.45) is 0 Å². The van der Waals surface area contributed by atoms with Crippen LogP contribution < -0.4 is 0 Å². The molecule has 0 radical (unpaired) electrons. The molecule has 0 N–H and O–H groups in total. The predicted octanol–water partition coefficient (Wildman–Crippen LogP) is 1.79. The highest BCUT2D eigenvalue weighted by molar-refractivity contribution is 8.75. The second-order valence-corrected chi connectivity index (χ2v) is 5.83. The molecule has 0 saturated carbocycles. The lowest BCUT2D eigenvalue weighted by molar-refractivity contribution is -0.153. The van der Waals surface area contributed by atoms with Gasteiger partial charge < -0.3 is 4.18 Å². The van der Waals surface area contributed by atoms with Crippen LogP contribution in [0.1, 0.15) is 12.8 Å². The minimum atomic E-state index is -0.544. The van der Waals surface area contributed by atoms with E-state index in [1.807, 2.05) is 0 Å². The van der Waals surface area contributed by atoms with E-state index < -0.39 is 5.97 Å². The molecule has 0 aromatic heterocycles. The summed E-state index contributed by atoms with van der Waals surface area (Å²) in [5, 5.41) is 2.36. The molecule has 0 spiro atoms. The average molecular weight is 312 g/mol. The van der Waals surface area contributed by atoms with Crippen LogP contribution in [-0.4, -0.2) is 33.2 Å². The topological polar surface area (TPSA) is 66.9 Å². The zero-order chi connectivity index (χ0) is 14.5. The minimum Gasteiger partial charge on any atom is -0.376 e. The largest absolute Gasteiger partial charge is 0.376 e. The Balaban J connectivity index is 1.99. The number of rotatable bonds is 5. The van der Waals surface area contributed by atoms with Crippen molar-refractivity contribution in [3.8, 4) is 0 Å². The molecule has 1 fully saturated rings. The fourth-order valence-electron chi connectivity index (χ4n) is 1.68. The van der Waals surface area contributed by atoms with Crippen molar-refractivity contribution >= 4 is 39.7 Å². The van der Waals surface area contributed by atoms with Crippen molar-refractivity contribution in [1.82, 2.24) is 10.0 Å². The zero-order valence-corrected chi connectivity index (χ0v) is 12.1. The second-order valence-electron chi connectivity index (χ2n) is 3.87. The molecule has 8 heteroatoms. The highest BCUT2D eigenvalue weighted by Gasteiger charge is 2.36. The van der Waals surface area contributed by atoms with Crippen LogP contribution in [0.15, 0.2) is 37.1 Å². The lowest BCUT2D eigenvalue weighted by atomic mass is 10.4. The highest BCUT2D eigenvalue weighted by atomic mass is 33.1. The Labute approximate surface area is 124 Å². The summed E-state index contributed by atoms with van der Waals surface area (Å²) in [5.74, 6) is -1.00. The summed E-state index contributed by atoms with van der Waals surface area (Å²) in [4.78, 5) is 34.5. The molecular formula is C12H12N2O4S2. The first-order chi connectivity index (χ1) is 9.63. The first kappa shape index (κ1) is 14.7. The molecule has 0 aliphatic carbocycles. The van der Waals surface area contributed by atoms with Gasteiger partial charge in [-0.3, -0.25) is 14.6 Å². The maximum Gasteiger partial charge on any atom is 0.343 e. The number of hydrazine groups is 1. The van der Waals surface area contributed by atoms with Crippen LogP contribution >= 0.6 is 21.9 Å². The van der Waals surface area contributed by atoms with E-state index in [9.17, 15) is 14.4 Å². The summed E-state index contributed by atoms with van der Waals surface area (Å²) in [7, 11) is 1.21. The number of allylic oxidation sites excluding steroid dienone is 2. The van der Waals surface area contributed by atoms with Gasteiger partial charge in [0.1, 0.15) is 16.4 Å². The van der Waals surface area contributed by atoms with Gasteiger partial charge in [-0.25, -0.2) is 4.79 Å². The summed E-state index contributed by atoms with van der Waals surface area (Å²) in [6, 6.07) is 0. The van der Waals surface area contributed by atoms with E-state index in [-0.39, 0.29) is 30.0 Å². The van der Waals surface area contributed by atoms with Crippen molar-refractivity contribution in [2.45, 2.75) is 18.2 Å². The van der Waals surface area contributed by atoms with Gasteiger partial charge in [-0.1, -0.05) is 12.7 Å². The quantitative estimate of drug-likeness (QED) is 0.332. The molecule has 106 valence electrons. The second kappa shape index (κ2) is 6.67. The highest BCUT2D eigenvalue weighted by Crippen LogP contribution is 2.34. The van der Waals surface area contributed by atoms with Crippen LogP contribution in [0, 0.1) is 0 Å². The zero-order valence-electron chi connectivity index (χ0n) is 10.4. The van der Waals surface area contributed by atoms with Crippen LogP contribution in [0.3, 0.4) is 0 Å². The van der Waals surface area contributed by atoms with Gasteiger partial charge in [0.15, 0.2) is 0 Å². The summed E-state index contributed by atoms with van der Waals surface area (Å²) < 4.78 is 4.81. The van der Waals surface area contributed by atoms with Gasteiger partial charge in [-0.2, -0.15) is 5.01 Å². The van der Waals surface area contributed by atoms with Gasteiger partial charge in [-0.05, 0) is 22.9 Å². The van der Waals surface area contributed by atoms with Gasteiger partial charge in [0.2, 0.25) is 11.8 Å². The normalized spacial score (nSPS) is 21.5. The Hall–Kier alpha value is -1.67. The van der Waals surface area contributed by atoms with Crippen LogP contribution in [0.5, 0.6) is 0 Å². The number of carbonyl (C=O) groups is 3. The molecule has 6 nitrogen and oxygen atoms in total. The molecule has 2 heterocycles. The Bertz CT molecular complexity index is 488. The van der Waals surface area contributed by atoms with Crippen LogP contribution in [0.25, 0.3) is 0 Å². The summed E-state index contributed by atoms with van der Waals surface area (Å²) >= 11 is 0.877. The summed E-state index contributed by atoms with van der Waals surface area (Å²) in [6.07, 6.45) is 8.50. The smallest absolute Gasteiger partial charge is 0.343 e. The molecule has 1 atom stereocenters. The fourth-order valence-corrected chi connectivity index (χ4v) is 3.36. The van der Waals surface area contributed by atoms with Gasteiger partial charge >= 0.3 is 5.97 Å². The van der Waals surface area contributed by atoms with Crippen LogP contribution in [0.4, 0.5) is 0 Å². The molecule has 20 heavy (non-hydrogen) atoms. The standard InChI is InChI=1S/C12H12N2O4S2/c1-2-12(17)18-20-19-11-5-3-4-8-13(11)14-9(15)6-7-10(14)16/h2-5,8,11H,1,6-7H2. The van der Waals surface area contributed by atoms with Crippen molar-refractivity contribution < 1.29 is 18.6 Å². The predicted molar refractivity (Wildman–Crippen MR) is 76.5 cm³/mol. The molecule has 2 aliphatic heterocycles. The molecular weight excluding hydrogens is 300 g/mol. The third-order valence-electron chi connectivity index (χ3n) is 2.56. The SMILES string of the molecule is C=CC(=O)OSSC1C=CC=CN1N1C(=O)CCC1=O. The van der Waals surface area contributed by atoms with E-state index in [4.69, 9.17) is 4.18 Å². The van der Waals surface area contributed by atoms with E-state index in [2.05, 4.69) is 6.58 Å². The van der Waals surface area contributed by atoms with Crippen molar-refractivity contribution in [1.29, 1.82) is 0 Å². The maximum absolute atomic E-state index is 11.7. The van der Waals surface area contributed by atoms with Gasteiger partial charge in [-0.15, -0.1) is 0 Å². The molecule has 1 unspecified atom stereocenters. The molecule has 0 aromatic carbocycles. The Morgan fingerprint density at radius 2 is 2.05 bits per heavy atom. The number of hydrogen-bond donors (Lipinski definition) is 0. The van der Waals surface area contributed by atoms with Gasteiger partial charge in [0.05, 0.1) is 0 Å². The van der Waals surface area contributed by atoms with Crippen LogP contribution in [0.2, 0.25) is 0 Å². The first-order valence-electron chi connectivity index (χ1n) is 5.79. The van der Waals surface area contributed by atoms with Gasteiger partial charge in [0.25, 0.3) is 0 Å². The number of amides is 2. The van der Waals surface area contributed by atoms with Crippen molar-refractivity contribution in [3.63, 3.8) is 0 Å². The van der Waals surface area contributed by atoms with Gasteiger partial charge in [0, 0.05) is 25.1 Å². The number of hydrogen-bond acceptors (Lipinski definition) is 7. The van der Waals surface area contributed by atoms with E-state index in [1.165, 1.54) is 15.8 Å². The van der Waals surface area contributed by atoms with E-state index in [0.29, 0.717) is 0 Å². The van der Waals surface area contributed by atoms with Crippen molar-refractivity contribution in [3.05, 3.63) is 37.1 Å².